The van der Waals surface area contributed by atoms with Crippen molar-refractivity contribution in [2.45, 2.75) is 50.4 Å². The van der Waals surface area contributed by atoms with Gasteiger partial charge < -0.3 is 38.7 Å². The summed E-state index contributed by atoms with van der Waals surface area (Å²) in [6.45, 7) is 1.61. The fourth-order valence-corrected chi connectivity index (χ4v) is 2.60. The van der Waals surface area contributed by atoms with Crippen LogP contribution in [0.2, 0.25) is 0 Å². The minimum absolute atomic E-state index is 0.0900. The van der Waals surface area contributed by atoms with E-state index in [9.17, 15) is 19.5 Å². The van der Waals surface area contributed by atoms with E-state index < -0.39 is 42.0 Å². The van der Waals surface area contributed by atoms with Crippen molar-refractivity contribution < 1.29 is 19.5 Å². The SMILES string of the molecule is CC(O)C(N)C(=O)NC(CCCN=C(N)N)C(=O)NC(Cc1ccccc1)C(N)=O. The summed E-state index contributed by atoms with van der Waals surface area (Å²) in [6, 6.07) is 5.84. The van der Waals surface area contributed by atoms with E-state index in [1.54, 1.807) is 24.3 Å². The average molecular weight is 422 g/mol. The van der Waals surface area contributed by atoms with Crippen LogP contribution in [0.15, 0.2) is 35.3 Å². The molecule has 0 radical (unpaired) electrons. The van der Waals surface area contributed by atoms with Crippen molar-refractivity contribution >= 4 is 23.7 Å². The van der Waals surface area contributed by atoms with E-state index in [-0.39, 0.29) is 25.3 Å². The Labute approximate surface area is 175 Å². The van der Waals surface area contributed by atoms with Gasteiger partial charge >= 0.3 is 0 Å². The van der Waals surface area contributed by atoms with Crippen molar-refractivity contribution in [3.8, 4) is 0 Å². The molecule has 0 spiro atoms. The Balaban J connectivity index is 2.87. The number of aliphatic hydroxyl groups excluding tert-OH is 1. The molecule has 0 saturated heterocycles. The number of carbonyl (C=O) groups excluding carboxylic acids is 3. The number of benzene rings is 1. The third kappa shape index (κ3) is 8.88. The van der Waals surface area contributed by atoms with Crippen LogP contribution in [0, 0.1) is 0 Å². The predicted molar refractivity (Wildman–Crippen MR) is 113 cm³/mol. The standard InChI is InChI=1S/C19H31N7O4/c1-11(27)15(20)18(30)25-13(8-5-9-24-19(22)23)17(29)26-14(16(21)28)10-12-6-3-2-4-7-12/h2-4,6-7,11,13-15,27H,5,8-10,20H2,1H3,(H2,21,28)(H,25,30)(H,26,29)(H4,22,23,24). The Morgan fingerprint density at radius 2 is 1.63 bits per heavy atom. The highest BCUT2D eigenvalue weighted by molar-refractivity contribution is 5.92. The molecule has 11 N–H and O–H groups in total. The number of nitrogens with one attached hydrogen (secondary N) is 2. The highest BCUT2D eigenvalue weighted by Crippen LogP contribution is 2.06. The number of primary amides is 1. The topological polar surface area (TPSA) is 212 Å². The highest BCUT2D eigenvalue weighted by Gasteiger charge is 2.28. The van der Waals surface area contributed by atoms with Crippen molar-refractivity contribution in [2.24, 2.45) is 27.9 Å². The fraction of sp³-hybridized carbons (Fsp3) is 0.474. The molecule has 30 heavy (non-hydrogen) atoms. The molecule has 0 heterocycles. The summed E-state index contributed by atoms with van der Waals surface area (Å²) in [4.78, 5) is 40.7. The van der Waals surface area contributed by atoms with Crippen LogP contribution in [0.1, 0.15) is 25.3 Å². The first-order valence-corrected chi connectivity index (χ1v) is 9.54. The zero-order valence-electron chi connectivity index (χ0n) is 17.0. The van der Waals surface area contributed by atoms with Crippen LogP contribution in [-0.4, -0.2) is 59.6 Å². The Bertz CT molecular complexity index is 736. The van der Waals surface area contributed by atoms with Crippen LogP contribution < -0.4 is 33.6 Å². The van der Waals surface area contributed by atoms with Gasteiger partial charge in [0, 0.05) is 13.0 Å². The predicted octanol–water partition coefficient (Wildman–Crippen LogP) is -2.55. The second kappa shape index (κ2) is 12.4. The number of amides is 3. The minimum Gasteiger partial charge on any atom is -0.391 e. The molecule has 4 unspecified atom stereocenters. The van der Waals surface area contributed by atoms with Gasteiger partial charge in [-0.3, -0.25) is 19.4 Å². The minimum atomic E-state index is -1.21. The van der Waals surface area contributed by atoms with Crippen LogP contribution in [-0.2, 0) is 20.8 Å². The van der Waals surface area contributed by atoms with Crippen LogP contribution >= 0.6 is 0 Å². The lowest BCUT2D eigenvalue weighted by Gasteiger charge is -2.24. The number of aliphatic hydroxyl groups is 1. The molecule has 11 nitrogen and oxygen atoms in total. The van der Waals surface area contributed by atoms with Gasteiger partial charge in [0.15, 0.2) is 5.96 Å². The summed E-state index contributed by atoms with van der Waals surface area (Å²) in [7, 11) is 0. The number of carbonyl (C=O) groups is 3. The number of rotatable bonds is 12. The molecule has 1 aromatic carbocycles. The van der Waals surface area contributed by atoms with E-state index in [0.29, 0.717) is 6.42 Å². The van der Waals surface area contributed by atoms with E-state index in [2.05, 4.69) is 15.6 Å². The van der Waals surface area contributed by atoms with Gasteiger partial charge in [-0.1, -0.05) is 30.3 Å². The largest absolute Gasteiger partial charge is 0.391 e. The third-order valence-electron chi connectivity index (χ3n) is 4.34. The third-order valence-corrected chi connectivity index (χ3v) is 4.34. The lowest BCUT2D eigenvalue weighted by Crippen LogP contribution is -2.57. The van der Waals surface area contributed by atoms with E-state index in [1.165, 1.54) is 6.92 Å². The maximum Gasteiger partial charge on any atom is 0.243 e. The maximum absolute atomic E-state index is 12.8. The summed E-state index contributed by atoms with van der Waals surface area (Å²) < 4.78 is 0. The van der Waals surface area contributed by atoms with Crippen molar-refractivity contribution in [1.82, 2.24) is 10.6 Å². The Morgan fingerprint density at radius 3 is 2.17 bits per heavy atom. The van der Waals surface area contributed by atoms with Gasteiger partial charge in [-0.15, -0.1) is 0 Å². The molecule has 166 valence electrons. The number of nitrogens with zero attached hydrogens (tertiary/aromatic N) is 1. The van der Waals surface area contributed by atoms with Crippen LogP contribution in [0.25, 0.3) is 0 Å². The lowest BCUT2D eigenvalue weighted by atomic mass is 10.0. The van der Waals surface area contributed by atoms with E-state index in [0.717, 1.165) is 5.56 Å². The van der Waals surface area contributed by atoms with Crippen molar-refractivity contribution in [1.29, 1.82) is 0 Å². The van der Waals surface area contributed by atoms with Gasteiger partial charge in [0.1, 0.15) is 18.1 Å². The number of hydrogen-bond donors (Lipinski definition) is 7. The molecule has 0 aliphatic carbocycles. The summed E-state index contributed by atoms with van der Waals surface area (Å²) in [5.74, 6) is -2.11. The number of hydrogen-bond acceptors (Lipinski definition) is 6. The zero-order valence-corrected chi connectivity index (χ0v) is 17.0. The molecular formula is C19H31N7O4. The second-order valence-electron chi connectivity index (χ2n) is 6.93. The van der Waals surface area contributed by atoms with E-state index in [1.807, 2.05) is 6.07 Å². The second-order valence-corrected chi connectivity index (χ2v) is 6.93. The molecular weight excluding hydrogens is 390 g/mol. The van der Waals surface area contributed by atoms with Gasteiger partial charge in [-0.05, 0) is 25.3 Å². The average Bonchev–Trinajstić information content (AvgIpc) is 2.69. The van der Waals surface area contributed by atoms with Crippen molar-refractivity contribution in [2.75, 3.05) is 6.54 Å². The lowest BCUT2D eigenvalue weighted by molar-refractivity contribution is -0.132. The number of guanidine groups is 1. The number of aliphatic imine (C=N–C) groups is 1. The normalized spacial score (nSPS) is 14.6. The van der Waals surface area contributed by atoms with Crippen LogP contribution in [0.3, 0.4) is 0 Å². The van der Waals surface area contributed by atoms with Gasteiger partial charge in [0.05, 0.1) is 6.10 Å². The Hall–Kier alpha value is -3.18. The fourth-order valence-electron chi connectivity index (χ4n) is 2.60. The number of nitrogens with two attached hydrogens (primary N) is 4. The molecule has 3 amide bonds. The highest BCUT2D eigenvalue weighted by atomic mass is 16.3. The molecule has 0 saturated carbocycles. The van der Waals surface area contributed by atoms with E-state index >= 15 is 0 Å². The van der Waals surface area contributed by atoms with Crippen molar-refractivity contribution in [3.63, 3.8) is 0 Å². The zero-order chi connectivity index (χ0) is 22.7. The Morgan fingerprint density at radius 1 is 1.03 bits per heavy atom. The Kier molecular flexibility index (Phi) is 10.3. The first-order chi connectivity index (χ1) is 14.1. The summed E-state index contributed by atoms with van der Waals surface area (Å²) in [6.07, 6.45) is -0.353. The first-order valence-electron chi connectivity index (χ1n) is 9.54. The molecule has 0 aromatic heterocycles. The quantitative estimate of drug-likeness (QED) is 0.109. The molecule has 1 aromatic rings. The van der Waals surface area contributed by atoms with Crippen molar-refractivity contribution in [3.05, 3.63) is 35.9 Å². The molecule has 0 aliphatic heterocycles. The summed E-state index contributed by atoms with van der Waals surface area (Å²) in [5.41, 5.74) is 22.4. The monoisotopic (exact) mass is 421 g/mol. The summed E-state index contributed by atoms with van der Waals surface area (Å²) >= 11 is 0. The molecule has 0 fully saturated rings. The van der Waals surface area contributed by atoms with Crippen LogP contribution in [0.4, 0.5) is 0 Å². The van der Waals surface area contributed by atoms with Gasteiger partial charge in [0.2, 0.25) is 17.7 Å². The van der Waals surface area contributed by atoms with E-state index in [4.69, 9.17) is 22.9 Å². The van der Waals surface area contributed by atoms with Gasteiger partial charge in [-0.2, -0.15) is 0 Å². The molecule has 1 rings (SSSR count). The van der Waals surface area contributed by atoms with Crippen LogP contribution in [0.5, 0.6) is 0 Å². The molecule has 0 bridgehead atoms. The first kappa shape index (κ1) is 24.9. The maximum atomic E-state index is 12.8. The van der Waals surface area contributed by atoms with Gasteiger partial charge in [-0.25, -0.2) is 0 Å². The summed E-state index contributed by atoms with van der Waals surface area (Å²) in [5, 5.41) is 14.6. The van der Waals surface area contributed by atoms with Gasteiger partial charge in [0.25, 0.3) is 0 Å². The molecule has 4 atom stereocenters. The molecule has 0 aliphatic rings. The molecule has 11 heteroatoms. The smallest absolute Gasteiger partial charge is 0.243 e.